The Kier molecular flexibility index (Phi) is 30.4. The maximum absolute atomic E-state index is 14.3. The minimum absolute atomic E-state index is 0.0539. The number of nitrogens with two attached hydrogens (primary N) is 3. The number of benzene rings is 1. The lowest BCUT2D eigenvalue weighted by Crippen LogP contribution is -2.61. The first kappa shape index (κ1) is 65.8. The molecule has 1 saturated heterocycles. The van der Waals surface area contributed by atoms with Gasteiger partial charge in [-0.15, -0.1) is 0 Å². The normalized spacial score (nSPS) is 23.4. The highest BCUT2D eigenvalue weighted by Crippen LogP contribution is 2.11. The van der Waals surface area contributed by atoms with Crippen LogP contribution in [0.2, 0.25) is 0 Å². The number of carbonyl (C=O) groups is 10. The summed E-state index contributed by atoms with van der Waals surface area (Å²) in [6, 6.07) is -5.06. The molecule has 1 aliphatic heterocycles. The molecule has 0 aliphatic carbocycles. The van der Waals surface area contributed by atoms with Gasteiger partial charge in [0.1, 0.15) is 54.4 Å². The fourth-order valence-corrected chi connectivity index (χ4v) is 8.08. The van der Waals surface area contributed by atoms with Crippen LogP contribution in [0, 0.1) is 5.92 Å². The first-order chi connectivity index (χ1) is 36.1. The van der Waals surface area contributed by atoms with Gasteiger partial charge in [0, 0.05) is 19.4 Å². The monoisotopic (exact) mass is 1080 g/mol. The summed E-state index contributed by atoms with van der Waals surface area (Å²) in [5, 5.41) is 56.5. The van der Waals surface area contributed by atoms with Crippen molar-refractivity contribution in [3.05, 3.63) is 35.9 Å². The van der Waals surface area contributed by atoms with Crippen molar-refractivity contribution in [2.45, 2.75) is 178 Å². The Morgan fingerprint density at radius 2 is 1.13 bits per heavy atom. The van der Waals surface area contributed by atoms with Crippen LogP contribution < -0.4 is 70.4 Å². The minimum Gasteiger partial charge on any atom is -0.394 e. The molecule has 1 aliphatic rings. The van der Waals surface area contributed by atoms with Crippen molar-refractivity contribution in [1.82, 2.24) is 53.2 Å². The van der Waals surface area contributed by atoms with Crippen LogP contribution in [0.4, 0.5) is 0 Å². The van der Waals surface area contributed by atoms with E-state index in [1.165, 1.54) is 13.8 Å². The molecule has 0 saturated carbocycles. The number of hydrogen-bond acceptors (Lipinski definition) is 16. The maximum atomic E-state index is 14.3. The van der Waals surface area contributed by atoms with Crippen molar-refractivity contribution in [3.63, 3.8) is 0 Å². The molecule has 26 nitrogen and oxygen atoms in total. The highest BCUT2D eigenvalue weighted by Gasteiger charge is 2.37. The zero-order chi connectivity index (χ0) is 56.9. The average molecular weight is 1080 g/mol. The number of unbranched alkanes of at least 4 members (excludes halogenated alkanes) is 4. The standard InChI is InChI=1S/C50H85N13O13/c1-6-7-8-9-13-16-39(67)62-41(30(5)66)50(76)61-38(27-64)48(74)58-35-20-24-54-49(75)40(29(4)65)63-45(71)34(19-23-53)56-42(68)32(17-21-51)57-46(72)36(25-28(2)3)59-47(73)37(26-31-14-11-10-12-15-31)60-43(69)33(18-22-52)55-44(35)70/h10-12,14-15,28-30,32-38,40-41,64-66H,6-9,13,16-27,51-53H2,1-5H3,(H,54,75)(H,55,70)(H,56,68)(H,57,72)(H,58,74)(H,59,73)(H,60,69)(H,61,76)(H,62,67)(H,63,71)/t29?,30?,32-,33-,34-,35-,36-,37+,38+,40-,41-/m0/s1. The van der Waals surface area contributed by atoms with Crippen LogP contribution >= 0.6 is 0 Å². The van der Waals surface area contributed by atoms with Gasteiger partial charge in [-0.25, -0.2) is 0 Å². The Hall–Kier alpha value is -6.32. The summed E-state index contributed by atoms with van der Waals surface area (Å²) in [4.78, 5) is 138. The van der Waals surface area contributed by atoms with Crippen LogP contribution in [0.25, 0.3) is 0 Å². The molecule has 0 radical (unpaired) electrons. The lowest BCUT2D eigenvalue weighted by atomic mass is 10.00. The molecule has 2 unspecified atom stereocenters. The summed E-state index contributed by atoms with van der Waals surface area (Å²) in [5.41, 5.74) is 18.2. The van der Waals surface area contributed by atoms with Gasteiger partial charge in [0.05, 0.1) is 18.8 Å². The quantitative estimate of drug-likeness (QED) is 0.0433. The molecule has 428 valence electrons. The van der Waals surface area contributed by atoms with Gasteiger partial charge >= 0.3 is 0 Å². The first-order valence-electron chi connectivity index (χ1n) is 26.2. The van der Waals surface area contributed by atoms with Crippen LogP contribution in [0.1, 0.15) is 111 Å². The molecule has 76 heavy (non-hydrogen) atoms. The molecule has 11 atom stereocenters. The molecule has 26 heteroatoms. The van der Waals surface area contributed by atoms with E-state index < -0.39 is 145 Å². The van der Waals surface area contributed by atoms with Crippen molar-refractivity contribution < 1.29 is 63.3 Å². The third-order valence-corrected chi connectivity index (χ3v) is 12.4. The number of amides is 10. The van der Waals surface area contributed by atoms with Gasteiger partial charge in [-0.3, -0.25) is 47.9 Å². The molecule has 1 heterocycles. The Morgan fingerprint density at radius 1 is 0.632 bits per heavy atom. The molecule has 1 aromatic carbocycles. The van der Waals surface area contributed by atoms with E-state index in [9.17, 15) is 63.3 Å². The van der Waals surface area contributed by atoms with E-state index in [4.69, 9.17) is 17.2 Å². The Bertz CT molecular complexity index is 2050. The molecule has 1 aromatic rings. The summed E-state index contributed by atoms with van der Waals surface area (Å²) in [7, 11) is 0. The molecule has 0 spiro atoms. The molecular weight excluding hydrogens is 991 g/mol. The van der Waals surface area contributed by atoms with Crippen LogP contribution in [0.5, 0.6) is 0 Å². The Labute approximate surface area is 444 Å². The van der Waals surface area contributed by atoms with Gasteiger partial charge in [0.2, 0.25) is 59.1 Å². The first-order valence-corrected chi connectivity index (χ1v) is 26.2. The van der Waals surface area contributed by atoms with Gasteiger partial charge in [-0.05, 0) is 83.5 Å². The van der Waals surface area contributed by atoms with Gasteiger partial charge in [0.25, 0.3) is 0 Å². The van der Waals surface area contributed by atoms with E-state index in [0.717, 1.165) is 25.7 Å². The van der Waals surface area contributed by atoms with Crippen molar-refractivity contribution >= 4 is 59.1 Å². The maximum Gasteiger partial charge on any atom is 0.245 e. The Balaban J connectivity index is 2.67. The SMILES string of the molecule is CCCCCCCC(=O)N[C@H](C(=O)N[C@H](CO)C(=O)N[C@H]1CCNC(=O)[C@H](C(C)O)NC(=O)[C@H](CCN)NC(=O)[C@H](CCN)NC(=O)[C@H](CC(C)C)NC(=O)[C@@H](Cc2ccccc2)NC(=O)[C@H](CCN)NC1=O)C(C)O. The van der Waals surface area contributed by atoms with Gasteiger partial charge in [0.15, 0.2) is 0 Å². The van der Waals surface area contributed by atoms with E-state index in [1.807, 2.05) is 6.92 Å². The van der Waals surface area contributed by atoms with Crippen LogP contribution in [0.15, 0.2) is 30.3 Å². The smallest absolute Gasteiger partial charge is 0.245 e. The lowest BCUT2D eigenvalue weighted by Gasteiger charge is -2.28. The zero-order valence-electron chi connectivity index (χ0n) is 44.5. The largest absolute Gasteiger partial charge is 0.394 e. The summed E-state index contributed by atoms with van der Waals surface area (Å²) in [5.74, 6) is -9.30. The van der Waals surface area contributed by atoms with E-state index in [1.54, 1.807) is 44.2 Å². The minimum atomic E-state index is -1.79. The van der Waals surface area contributed by atoms with Crippen molar-refractivity contribution in [2.24, 2.45) is 23.1 Å². The molecule has 0 bridgehead atoms. The van der Waals surface area contributed by atoms with Gasteiger partial charge in [-0.2, -0.15) is 0 Å². The van der Waals surface area contributed by atoms with Crippen LogP contribution in [-0.2, 0) is 54.4 Å². The topological polar surface area (TPSA) is 430 Å². The fraction of sp³-hybridized carbons (Fsp3) is 0.680. The highest BCUT2D eigenvalue weighted by molar-refractivity contribution is 5.99. The predicted octanol–water partition coefficient (Wildman–Crippen LogP) is -4.68. The van der Waals surface area contributed by atoms with Crippen LogP contribution in [0.3, 0.4) is 0 Å². The summed E-state index contributed by atoms with van der Waals surface area (Å²) < 4.78 is 0. The number of aliphatic hydroxyl groups is 3. The average Bonchev–Trinajstić information content (AvgIpc) is 3.36. The lowest BCUT2D eigenvalue weighted by molar-refractivity contribution is -0.137. The summed E-state index contributed by atoms with van der Waals surface area (Å²) >= 11 is 0. The summed E-state index contributed by atoms with van der Waals surface area (Å²) in [6.45, 7) is 6.12. The van der Waals surface area contributed by atoms with Crippen LogP contribution in [-0.4, -0.2) is 174 Å². The second-order valence-electron chi connectivity index (χ2n) is 19.4. The third-order valence-electron chi connectivity index (χ3n) is 12.4. The highest BCUT2D eigenvalue weighted by atomic mass is 16.3. The number of carbonyl (C=O) groups excluding carboxylic acids is 10. The molecule has 19 N–H and O–H groups in total. The second-order valence-corrected chi connectivity index (χ2v) is 19.4. The van der Waals surface area contributed by atoms with E-state index >= 15 is 0 Å². The Morgan fingerprint density at radius 3 is 1.64 bits per heavy atom. The molecule has 10 amide bonds. The second kappa shape index (κ2) is 35.1. The molecule has 1 fully saturated rings. The zero-order valence-corrected chi connectivity index (χ0v) is 44.5. The van der Waals surface area contributed by atoms with E-state index in [2.05, 4.69) is 53.2 Å². The predicted molar refractivity (Wildman–Crippen MR) is 279 cm³/mol. The molecule has 2 rings (SSSR count). The third kappa shape index (κ3) is 23.3. The van der Waals surface area contributed by atoms with Gasteiger partial charge < -0.3 is 85.7 Å². The molecule has 0 aromatic heterocycles. The van der Waals surface area contributed by atoms with Crippen molar-refractivity contribution in [3.8, 4) is 0 Å². The number of rotatable bonds is 24. The number of aliphatic hydroxyl groups excluding tert-OH is 3. The van der Waals surface area contributed by atoms with E-state index in [0.29, 0.717) is 12.0 Å². The molecular formula is C50H85N13O13. The summed E-state index contributed by atoms with van der Waals surface area (Å²) in [6.07, 6.45) is 0.217. The van der Waals surface area contributed by atoms with Gasteiger partial charge in [-0.1, -0.05) is 76.8 Å². The number of nitrogens with one attached hydrogen (secondary N) is 10. The fourth-order valence-electron chi connectivity index (χ4n) is 8.08. The number of hydrogen-bond donors (Lipinski definition) is 16. The van der Waals surface area contributed by atoms with Crippen molar-refractivity contribution in [1.29, 1.82) is 0 Å². The van der Waals surface area contributed by atoms with E-state index in [-0.39, 0.29) is 64.1 Å². The van der Waals surface area contributed by atoms with Crippen molar-refractivity contribution in [2.75, 3.05) is 32.8 Å².